The highest BCUT2D eigenvalue weighted by Crippen LogP contribution is 2.38. The summed E-state index contributed by atoms with van der Waals surface area (Å²) in [5.41, 5.74) is -0.0989. The van der Waals surface area contributed by atoms with Gasteiger partial charge in [0.15, 0.2) is 8.32 Å². The molecule has 0 saturated heterocycles. The largest absolute Gasteiger partial charge is 0.468 e. The molecule has 1 heterocycles. The summed E-state index contributed by atoms with van der Waals surface area (Å²) >= 11 is 1.48. The molecular formula is C15H28O4SSi. The normalized spacial score (nSPS) is 26.7. The first kappa shape index (κ1) is 18.7. The van der Waals surface area contributed by atoms with Gasteiger partial charge in [0.25, 0.3) is 0 Å². The minimum absolute atomic E-state index is 0.0305. The summed E-state index contributed by atoms with van der Waals surface area (Å²) in [6, 6.07) is 0. The van der Waals surface area contributed by atoms with E-state index in [2.05, 4.69) is 33.9 Å². The molecule has 0 aromatic heterocycles. The van der Waals surface area contributed by atoms with E-state index in [-0.39, 0.29) is 27.6 Å². The van der Waals surface area contributed by atoms with E-state index < -0.39 is 8.32 Å². The molecule has 1 aliphatic heterocycles. The van der Waals surface area contributed by atoms with Crippen molar-refractivity contribution in [1.82, 2.24) is 0 Å². The van der Waals surface area contributed by atoms with Crippen LogP contribution in [0.25, 0.3) is 0 Å². The number of carbonyl (C=O) groups is 1. The summed E-state index contributed by atoms with van der Waals surface area (Å²) in [4.78, 5) is 12.0. The van der Waals surface area contributed by atoms with Crippen molar-refractivity contribution >= 4 is 26.0 Å². The highest BCUT2D eigenvalue weighted by molar-refractivity contribution is 8.01. The van der Waals surface area contributed by atoms with Gasteiger partial charge in [-0.3, -0.25) is 4.79 Å². The number of thioether (sulfide) groups is 1. The maximum atomic E-state index is 12.0. The van der Waals surface area contributed by atoms with Gasteiger partial charge in [-0.05, 0) is 24.2 Å². The second-order valence-electron chi connectivity index (χ2n) is 6.80. The van der Waals surface area contributed by atoms with Gasteiger partial charge in [0.1, 0.15) is 10.7 Å². The monoisotopic (exact) mass is 332 g/mol. The van der Waals surface area contributed by atoms with Crippen molar-refractivity contribution in [3.63, 3.8) is 0 Å². The molecule has 0 radical (unpaired) electrons. The first-order valence-electron chi connectivity index (χ1n) is 7.20. The van der Waals surface area contributed by atoms with Crippen LogP contribution in [0.1, 0.15) is 20.8 Å². The average Bonchev–Trinajstić information content (AvgIpc) is 2.42. The number of methoxy groups -OCH3 is 2. The molecule has 0 unspecified atom stereocenters. The third-order valence-corrected chi connectivity index (χ3v) is 10.2. The minimum atomic E-state index is -1.82. The second kappa shape index (κ2) is 7.31. The zero-order valence-electron chi connectivity index (χ0n) is 14.1. The second-order valence-corrected chi connectivity index (χ2v) is 12.9. The van der Waals surface area contributed by atoms with Crippen molar-refractivity contribution in [2.75, 3.05) is 20.8 Å². The van der Waals surface area contributed by atoms with E-state index in [1.54, 1.807) is 7.11 Å². The highest BCUT2D eigenvalue weighted by Gasteiger charge is 2.40. The van der Waals surface area contributed by atoms with Crippen LogP contribution >= 0.6 is 11.8 Å². The molecule has 1 rings (SSSR count). The summed E-state index contributed by atoms with van der Waals surface area (Å²) in [6.07, 6.45) is 4.02. The highest BCUT2D eigenvalue weighted by atomic mass is 32.2. The van der Waals surface area contributed by atoms with E-state index in [4.69, 9.17) is 13.9 Å². The van der Waals surface area contributed by atoms with Gasteiger partial charge >= 0.3 is 5.97 Å². The van der Waals surface area contributed by atoms with E-state index in [0.717, 1.165) is 0 Å². The Balaban J connectivity index is 2.77. The molecule has 0 amide bonds. The Morgan fingerprint density at radius 1 is 1.24 bits per heavy atom. The molecule has 6 heteroatoms. The molecule has 3 atom stereocenters. The van der Waals surface area contributed by atoms with E-state index >= 15 is 0 Å². The van der Waals surface area contributed by atoms with Crippen LogP contribution in [0.4, 0.5) is 0 Å². The fraction of sp³-hybridized carbons (Fsp3) is 0.800. The molecule has 1 aliphatic rings. The van der Waals surface area contributed by atoms with Crippen molar-refractivity contribution in [2.45, 2.75) is 49.6 Å². The van der Waals surface area contributed by atoms with Crippen LogP contribution in [0.2, 0.25) is 18.1 Å². The fourth-order valence-electron chi connectivity index (χ4n) is 1.77. The van der Waals surface area contributed by atoms with Crippen LogP contribution in [-0.4, -0.2) is 45.8 Å². The molecular weight excluding hydrogens is 304 g/mol. The molecule has 0 aromatic rings. The average molecular weight is 333 g/mol. The van der Waals surface area contributed by atoms with E-state index in [1.165, 1.54) is 18.9 Å². The summed E-state index contributed by atoms with van der Waals surface area (Å²) in [6.45, 7) is 11.6. The lowest BCUT2D eigenvalue weighted by Crippen LogP contribution is -2.44. The maximum absolute atomic E-state index is 12.0. The quantitative estimate of drug-likeness (QED) is 0.438. The van der Waals surface area contributed by atoms with Gasteiger partial charge in [0, 0.05) is 19.6 Å². The fourth-order valence-corrected chi connectivity index (χ4v) is 3.97. The van der Waals surface area contributed by atoms with Gasteiger partial charge in [-0.15, -0.1) is 11.8 Å². The van der Waals surface area contributed by atoms with E-state index in [0.29, 0.717) is 6.61 Å². The van der Waals surface area contributed by atoms with Gasteiger partial charge in [-0.1, -0.05) is 26.8 Å². The Kier molecular flexibility index (Phi) is 6.52. The number of ether oxygens (including phenoxy) is 2. The van der Waals surface area contributed by atoms with E-state index in [9.17, 15) is 4.79 Å². The third-order valence-electron chi connectivity index (χ3n) is 4.29. The summed E-state index contributed by atoms with van der Waals surface area (Å²) in [5.74, 6) is -0.182. The van der Waals surface area contributed by atoms with Crippen molar-refractivity contribution in [1.29, 1.82) is 0 Å². The number of hydrogen-bond acceptors (Lipinski definition) is 5. The van der Waals surface area contributed by atoms with Gasteiger partial charge in [-0.25, -0.2) is 0 Å². The lowest BCUT2D eigenvalue weighted by atomic mass is 10.1. The SMILES string of the molecule is COC(=O)[C@@H]1S[C@H](OC)C=C[C@@H]1CO[Si](C)(C)C(C)(C)C. The maximum Gasteiger partial charge on any atom is 0.319 e. The standard InChI is InChI=1S/C15H28O4SSi/c1-15(2,3)21(6,7)19-10-11-8-9-12(17-4)20-13(11)14(16)18-5/h8-9,11-13H,10H2,1-7H3/t11-,12+,13-/m1/s1. The molecule has 0 saturated carbocycles. The number of carbonyl (C=O) groups excluding carboxylic acids is 1. The van der Waals surface area contributed by atoms with Gasteiger partial charge < -0.3 is 13.9 Å². The molecule has 122 valence electrons. The Bertz CT molecular complexity index is 390. The van der Waals surface area contributed by atoms with Gasteiger partial charge in [-0.2, -0.15) is 0 Å². The van der Waals surface area contributed by atoms with Crippen LogP contribution in [0.15, 0.2) is 12.2 Å². The molecule has 0 spiro atoms. The van der Waals surface area contributed by atoms with Crippen molar-refractivity contribution in [3.05, 3.63) is 12.2 Å². The summed E-state index contributed by atoms with van der Waals surface area (Å²) in [5, 5.41) is -0.108. The lowest BCUT2D eigenvalue weighted by molar-refractivity contribution is -0.141. The number of esters is 1. The van der Waals surface area contributed by atoms with Crippen molar-refractivity contribution in [2.24, 2.45) is 5.92 Å². The Morgan fingerprint density at radius 2 is 1.86 bits per heavy atom. The number of rotatable bonds is 5. The van der Waals surface area contributed by atoms with Gasteiger partial charge in [0.05, 0.1) is 7.11 Å². The molecule has 4 nitrogen and oxygen atoms in total. The van der Waals surface area contributed by atoms with Crippen LogP contribution in [-0.2, 0) is 18.7 Å². The molecule has 0 aliphatic carbocycles. The molecule has 0 fully saturated rings. The Morgan fingerprint density at radius 3 is 2.33 bits per heavy atom. The minimum Gasteiger partial charge on any atom is -0.468 e. The van der Waals surface area contributed by atoms with Gasteiger partial charge in [0.2, 0.25) is 0 Å². The summed E-state index contributed by atoms with van der Waals surface area (Å²) < 4.78 is 16.5. The zero-order valence-corrected chi connectivity index (χ0v) is 16.0. The lowest BCUT2D eigenvalue weighted by Gasteiger charge is -2.38. The van der Waals surface area contributed by atoms with Crippen molar-refractivity contribution in [3.8, 4) is 0 Å². The Labute approximate surface area is 133 Å². The van der Waals surface area contributed by atoms with Crippen LogP contribution in [0.3, 0.4) is 0 Å². The van der Waals surface area contributed by atoms with Crippen LogP contribution < -0.4 is 0 Å². The van der Waals surface area contributed by atoms with Crippen LogP contribution in [0.5, 0.6) is 0 Å². The first-order chi connectivity index (χ1) is 9.62. The summed E-state index contributed by atoms with van der Waals surface area (Å²) in [7, 11) is 1.25. The zero-order chi connectivity index (χ0) is 16.3. The van der Waals surface area contributed by atoms with Crippen LogP contribution in [0, 0.1) is 5.92 Å². The molecule has 0 bridgehead atoms. The predicted octanol–water partition coefficient (Wildman–Crippen LogP) is 3.44. The third kappa shape index (κ3) is 4.84. The molecule has 0 aromatic carbocycles. The smallest absolute Gasteiger partial charge is 0.319 e. The number of hydrogen-bond donors (Lipinski definition) is 0. The topological polar surface area (TPSA) is 44.8 Å². The van der Waals surface area contributed by atoms with Crippen molar-refractivity contribution < 1.29 is 18.7 Å². The molecule has 21 heavy (non-hydrogen) atoms. The first-order valence-corrected chi connectivity index (χ1v) is 11.1. The molecule has 0 N–H and O–H groups in total. The Hall–Kier alpha value is -0.303. The predicted molar refractivity (Wildman–Crippen MR) is 90.0 cm³/mol. The van der Waals surface area contributed by atoms with E-state index in [1.807, 2.05) is 12.2 Å².